The van der Waals surface area contributed by atoms with Crippen molar-refractivity contribution in [3.63, 3.8) is 0 Å². The number of carbonyl (C=O) groups is 1. The molecular formula is C15H14F2N2O2S. The zero-order valence-electron chi connectivity index (χ0n) is 11.7. The van der Waals surface area contributed by atoms with Gasteiger partial charge in [-0.15, -0.1) is 0 Å². The predicted octanol–water partition coefficient (Wildman–Crippen LogP) is 3.09. The molecular weight excluding hydrogens is 310 g/mol. The van der Waals surface area contributed by atoms with Gasteiger partial charge in [0.25, 0.3) is 0 Å². The van der Waals surface area contributed by atoms with Gasteiger partial charge in [0, 0.05) is 16.6 Å². The number of amides is 2. The lowest BCUT2D eigenvalue weighted by Gasteiger charge is -2.13. The largest absolute Gasteiger partial charge is 0.330 e. The smallest absolute Gasteiger partial charge is 0.307 e. The fourth-order valence-corrected chi connectivity index (χ4v) is 2.74. The second kappa shape index (κ2) is 6.15. The van der Waals surface area contributed by atoms with Crippen LogP contribution in [0.2, 0.25) is 0 Å². The summed E-state index contributed by atoms with van der Waals surface area (Å²) in [6, 6.07) is 8.76. The first-order valence-electron chi connectivity index (χ1n) is 6.26. The van der Waals surface area contributed by atoms with E-state index in [1.807, 2.05) is 6.92 Å². The Bertz CT molecular complexity index is 803. The maximum absolute atomic E-state index is 13.1. The van der Waals surface area contributed by atoms with Gasteiger partial charge in [-0.1, -0.05) is 17.7 Å². The molecule has 2 rings (SSSR count). The van der Waals surface area contributed by atoms with Crippen LogP contribution >= 0.6 is 0 Å². The van der Waals surface area contributed by atoms with E-state index in [1.165, 1.54) is 6.07 Å². The summed E-state index contributed by atoms with van der Waals surface area (Å²) in [6.07, 6.45) is 0. The maximum Gasteiger partial charge on any atom is 0.330 e. The highest BCUT2D eigenvalue weighted by Gasteiger charge is 2.12. The molecule has 0 aromatic heterocycles. The average Bonchev–Trinajstić information content (AvgIpc) is 2.42. The lowest BCUT2D eigenvalue weighted by atomic mass is 10.2. The van der Waals surface area contributed by atoms with Crippen molar-refractivity contribution in [2.75, 3.05) is 5.32 Å². The third-order valence-corrected chi connectivity index (χ3v) is 4.39. The summed E-state index contributed by atoms with van der Waals surface area (Å²) in [5.41, 5.74) is 1.01. The van der Waals surface area contributed by atoms with Crippen molar-refractivity contribution in [2.45, 2.75) is 11.8 Å². The van der Waals surface area contributed by atoms with Crippen LogP contribution in [0.3, 0.4) is 0 Å². The summed E-state index contributed by atoms with van der Waals surface area (Å²) in [7, 11) is -3.04. The Morgan fingerprint density at radius 2 is 1.73 bits per heavy atom. The molecule has 0 bridgehead atoms. The van der Waals surface area contributed by atoms with Gasteiger partial charge in [0.15, 0.2) is 11.6 Å². The Labute approximate surface area is 127 Å². The van der Waals surface area contributed by atoms with Gasteiger partial charge in [0.2, 0.25) is 0 Å². The number of rotatable bonds is 3. The molecule has 0 radical (unpaired) electrons. The van der Waals surface area contributed by atoms with Gasteiger partial charge >= 0.3 is 6.03 Å². The molecule has 2 N–H and O–H groups in total. The molecule has 4 nitrogen and oxygen atoms in total. The third-order valence-electron chi connectivity index (χ3n) is 2.84. The second-order valence-corrected chi connectivity index (χ2v) is 6.70. The Balaban J connectivity index is 2.10. The summed E-state index contributed by atoms with van der Waals surface area (Å²) >= 11 is 0. The first kappa shape index (κ1) is 16.0. The monoisotopic (exact) mass is 324 g/mol. The second-order valence-electron chi connectivity index (χ2n) is 4.67. The minimum absolute atomic E-state index is 0.0375. The standard InChI is InChI=1S/C15H14F2N2O2S/c1-10-3-6-12(7-4-10)22(2,21)19-15(20)18-11-5-8-13(16)14(17)9-11/h3-9H,2H2,1H3,(H2,18,19,20,21). The molecule has 0 fully saturated rings. The van der Waals surface area contributed by atoms with Gasteiger partial charge in [-0.3, -0.25) is 4.72 Å². The van der Waals surface area contributed by atoms with Crippen LogP contribution in [0.4, 0.5) is 19.3 Å². The van der Waals surface area contributed by atoms with E-state index in [2.05, 4.69) is 15.9 Å². The normalized spacial score (nSPS) is 13.2. The highest BCUT2D eigenvalue weighted by Crippen LogP contribution is 2.14. The number of halogens is 2. The molecule has 116 valence electrons. The molecule has 1 unspecified atom stereocenters. The molecule has 7 heteroatoms. The molecule has 0 aliphatic carbocycles. The number of nitrogens with one attached hydrogen (secondary N) is 2. The molecule has 0 spiro atoms. The van der Waals surface area contributed by atoms with Crippen molar-refractivity contribution in [3.05, 3.63) is 59.7 Å². The summed E-state index contributed by atoms with van der Waals surface area (Å²) in [5, 5.41) is 2.27. The van der Waals surface area contributed by atoms with E-state index in [1.54, 1.807) is 24.3 Å². The van der Waals surface area contributed by atoms with Crippen molar-refractivity contribution in [3.8, 4) is 0 Å². The molecule has 0 aliphatic heterocycles. The minimum Gasteiger partial charge on any atom is -0.307 e. The highest BCUT2D eigenvalue weighted by molar-refractivity contribution is 7.99. The number of benzene rings is 2. The predicted molar refractivity (Wildman–Crippen MR) is 83.2 cm³/mol. The van der Waals surface area contributed by atoms with Crippen LogP contribution in [0.15, 0.2) is 47.4 Å². The van der Waals surface area contributed by atoms with E-state index in [0.29, 0.717) is 4.90 Å². The summed E-state index contributed by atoms with van der Waals surface area (Å²) in [6.45, 7) is 1.87. The van der Waals surface area contributed by atoms with Gasteiger partial charge in [0.05, 0.1) is 9.71 Å². The van der Waals surface area contributed by atoms with Crippen LogP contribution in [0, 0.1) is 18.6 Å². The van der Waals surface area contributed by atoms with Crippen LogP contribution < -0.4 is 10.0 Å². The Morgan fingerprint density at radius 1 is 1.09 bits per heavy atom. The van der Waals surface area contributed by atoms with E-state index in [-0.39, 0.29) is 5.69 Å². The van der Waals surface area contributed by atoms with E-state index in [9.17, 15) is 17.8 Å². The van der Waals surface area contributed by atoms with E-state index in [0.717, 1.165) is 17.7 Å². The topological polar surface area (TPSA) is 58.2 Å². The SMILES string of the molecule is C=S(=O)(NC(=O)Nc1ccc(F)c(F)c1)c1ccc(C)cc1. The van der Waals surface area contributed by atoms with Gasteiger partial charge in [0.1, 0.15) is 0 Å². The van der Waals surface area contributed by atoms with Crippen molar-refractivity contribution >= 4 is 27.3 Å². The molecule has 2 aromatic carbocycles. The minimum atomic E-state index is -3.04. The third kappa shape index (κ3) is 3.82. The Morgan fingerprint density at radius 3 is 2.32 bits per heavy atom. The fraction of sp³-hybridized carbons (Fsp3) is 0.0667. The van der Waals surface area contributed by atoms with Crippen molar-refractivity contribution in [1.82, 2.24) is 4.72 Å². The number of hydrogen-bond acceptors (Lipinski definition) is 2. The summed E-state index contributed by atoms with van der Waals surface area (Å²) < 4.78 is 40.5. The number of hydrogen-bond donors (Lipinski definition) is 2. The van der Waals surface area contributed by atoms with Gasteiger partial charge < -0.3 is 5.32 Å². The first-order chi connectivity index (χ1) is 10.3. The number of urea groups is 1. The van der Waals surface area contributed by atoms with Gasteiger partial charge in [-0.05, 0) is 37.1 Å². The van der Waals surface area contributed by atoms with Gasteiger partial charge in [-0.2, -0.15) is 0 Å². The Hall–Kier alpha value is -2.41. The molecule has 0 saturated heterocycles. The van der Waals surface area contributed by atoms with E-state index < -0.39 is 27.4 Å². The maximum atomic E-state index is 13.1. The van der Waals surface area contributed by atoms with E-state index in [4.69, 9.17) is 0 Å². The number of carbonyl (C=O) groups excluding carboxylic acids is 1. The fourth-order valence-electron chi connectivity index (χ4n) is 1.70. The quantitative estimate of drug-likeness (QED) is 0.853. The molecule has 0 heterocycles. The van der Waals surface area contributed by atoms with Crippen LogP contribution in [0.25, 0.3) is 0 Å². The zero-order chi connectivity index (χ0) is 16.3. The van der Waals surface area contributed by atoms with Crippen molar-refractivity contribution in [2.24, 2.45) is 0 Å². The van der Waals surface area contributed by atoms with Crippen LogP contribution in [-0.4, -0.2) is 16.1 Å². The van der Waals surface area contributed by atoms with Crippen molar-refractivity contribution in [1.29, 1.82) is 0 Å². The first-order valence-corrected chi connectivity index (χ1v) is 7.98. The molecule has 0 saturated carbocycles. The lowest BCUT2D eigenvalue weighted by molar-refractivity contribution is 0.257. The van der Waals surface area contributed by atoms with Gasteiger partial charge in [-0.25, -0.2) is 17.8 Å². The number of aryl methyl sites for hydroxylation is 1. The lowest BCUT2D eigenvalue weighted by Crippen LogP contribution is -2.34. The summed E-state index contributed by atoms with van der Waals surface area (Å²) in [5.74, 6) is 1.39. The average molecular weight is 324 g/mol. The Kier molecular flexibility index (Phi) is 4.46. The molecule has 22 heavy (non-hydrogen) atoms. The molecule has 1 atom stereocenters. The van der Waals surface area contributed by atoms with Crippen LogP contribution in [0.5, 0.6) is 0 Å². The highest BCUT2D eigenvalue weighted by atomic mass is 32.2. The van der Waals surface area contributed by atoms with Crippen LogP contribution in [0.1, 0.15) is 5.56 Å². The molecule has 2 amide bonds. The van der Waals surface area contributed by atoms with Crippen LogP contribution in [-0.2, 0) is 9.71 Å². The zero-order valence-corrected chi connectivity index (χ0v) is 12.5. The number of anilines is 1. The summed E-state index contributed by atoms with van der Waals surface area (Å²) in [4.78, 5) is 12.2. The van der Waals surface area contributed by atoms with E-state index >= 15 is 0 Å². The molecule has 2 aromatic rings. The molecule has 0 aliphatic rings. The van der Waals surface area contributed by atoms with Crippen molar-refractivity contribution < 1.29 is 17.8 Å².